The average Bonchev–Trinajstić information content (AvgIpc) is 3.12. The summed E-state index contributed by atoms with van der Waals surface area (Å²) in [6.45, 7) is 1.50. The van der Waals surface area contributed by atoms with Crippen LogP contribution in [-0.4, -0.2) is 45.2 Å². The fourth-order valence-electron chi connectivity index (χ4n) is 3.31. The second-order valence-electron chi connectivity index (χ2n) is 7.19. The first kappa shape index (κ1) is 24.3. The summed E-state index contributed by atoms with van der Waals surface area (Å²) in [5.74, 6) is -1.21. The van der Waals surface area contributed by atoms with E-state index in [0.29, 0.717) is 31.6 Å². The van der Waals surface area contributed by atoms with Gasteiger partial charge >= 0.3 is 5.97 Å². The van der Waals surface area contributed by atoms with E-state index in [-0.39, 0.29) is 12.4 Å². The van der Waals surface area contributed by atoms with E-state index in [4.69, 9.17) is 23.2 Å². The number of nitrogens with zero attached hydrogens (tertiary/aromatic N) is 1. The van der Waals surface area contributed by atoms with Gasteiger partial charge in [0.15, 0.2) is 0 Å². The van der Waals surface area contributed by atoms with Crippen LogP contribution < -0.4 is 5.32 Å². The largest absolute Gasteiger partial charge is 0.468 e. The molecule has 2 unspecified atom stereocenters. The highest BCUT2D eigenvalue weighted by atomic mass is 35.5. The van der Waals surface area contributed by atoms with E-state index in [1.54, 1.807) is 41.9 Å². The molecule has 1 aromatic heterocycles. The minimum Gasteiger partial charge on any atom is -0.468 e. The summed E-state index contributed by atoms with van der Waals surface area (Å²) in [6.07, 6.45) is 0. The molecule has 0 saturated heterocycles. The molecular formula is C22H22Cl2N2O5S. The summed E-state index contributed by atoms with van der Waals surface area (Å²) in [6, 6.07) is 9.29. The second-order valence-corrected chi connectivity index (χ2v) is 9.39. The van der Waals surface area contributed by atoms with Gasteiger partial charge in [-0.1, -0.05) is 35.3 Å². The Bertz CT molecular complexity index is 1210. The summed E-state index contributed by atoms with van der Waals surface area (Å²) in [5.41, 5.74) is 2.54. The number of aliphatic hydroxyl groups is 1. The van der Waals surface area contributed by atoms with Crippen molar-refractivity contribution >= 4 is 56.8 Å². The predicted molar refractivity (Wildman–Crippen MR) is 125 cm³/mol. The third-order valence-corrected chi connectivity index (χ3v) is 7.42. The molecule has 3 aromatic rings. The van der Waals surface area contributed by atoms with Gasteiger partial charge in [-0.3, -0.25) is 13.8 Å². The number of esters is 1. The fraction of sp³-hybridized carbons (Fsp3) is 0.273. The van der Waals surface area contributed by atoms with Crippen LogP contribution in [0.2, 0.25) is 10.0 Å². The summed E-state index contributed by atoms with van der Waals surface area (Å²) in [5, 5.41) is 14.1. The Labute approximate surface area is 197 Å². The van der Waals surface area contributed by atoms with Gasteiger partial charge in [-0.25, -0.2) is 0 Å². The summed E-state index contributed by atoms with van der Waals surface area (Å²) >= 11 is 12.6. The predicted octanol–water partition coefficient (Wildman–Crippen LogP) is 3.54. The van der Waals surface area contributed by atoms with Crippen molar-refractivity contribution in [1.82, 2.24) is 9.88 Å². The summed E-state index contributed by atoms with van der Waals surface area (Å²) in [4.78, 5) is 24.7. The number of hydrogen-bond donors (Lipinski definition) is 2. The van der Waals surface area contributed by atoms with Crippen molar-refractivity contribution in [2.24, 2.45) is 7.05 Å². The molecular weight excluding hydrogens is 475 g/mol. The van der Waals surface area contributed by atoms with Gasteiger partial charge in [0.25, 0.3) is 5.91 Å². The molecule has 1 heterocycles. The number of ether oxygens (including phenoxy) is 1. The lowest BCUT2D eigenvalue weighted by Crippen LogP contribution is -2.32. The molecule has 0 spiro atoms. The molecule has 0 fully saturated rings. The zero-order chi connectivity index (χ0) is 23.6. The molecule has 0 bridgehead atoms. The monoisotopic (exact) mass is 496 g/mol. The number of aromatic nitrogens is 1. The topological polar surface area (TPSA) is 97.6 Å². The fourth-order valence-corrected chi connectivity index (χ4v) is 4.71. The first-order valence-corrected chi connectivity index (χ1v) is 11.7. The number of rotatable bonds is 7. The number of methoxy groups -OCH3 is 1. The lowest BCUT2D eigenvalue weighted by atomic mass is 10.1. The zero-order valence-corrected chi connectivity index (χ0v) is 20.0. The molecule has 2 N–H and O–H groups in total. The van der Waals surface area contributed by atoms with E-state index >= 15 is 0 Å². The van der Waals surface area contributed by atoms with Crippen LogP contribution in [0.1, 0.15) is 27.7 Å². The van der Waals surface area contributed by atoms with E-state index in [1.807, 2.05) is 13.0 Å². The lowest BCUT2D eigenvalue weighted by Gasteiger charge is -2.17. The highest BCUT2D eigenvalue weighted by molar-refractivity contribution is 7.85. The molecule has 0 saturated carbocycles. The zero-order valence-electron chi connectivity index (χ0n) is 17.6. The standard InChI is InChI=1S/C22H22Cl2N2O5S/c1-12-8-17-15(21(24)20(12)23)9-18(26(17)2)22(29)25-16(10-27)13-4-6-14(7-5-13)32(30)11-19(28)31-3/h4-9,16,27H,10-11H2,1-3H3,(H,25,29). The van der Waals surface area contributed by atoms with Gasteiger partial charge in [-0.2, -0.15) is 0 Å². The van der Waals surface area contributed by atoms with Crippen LogP contribution in [0.5, 0.6) is 0 Å². The van der Waals surface area contributed by atoms with Crippen LogP contribution >= 0.6 is 23.2 Å². The molecule has 2 aromatic carbocycles. The van der Waals surface area contributed by atoms with Crippen LogP contribution in [0, 0.1) is 6.92 Å². The van der Waals surface area contributed by atoms with Gasteiger partial charge in [0, 0.05) is 17.3 Å². The summed E-state index contributed by atoms with van der Waals surface area (Å²) in [7, 11) is 1.44. The van der Waals surface area contributed by atoms with Crippen molar-refractivity contribution in [3.63, 3.8) is 0 Å². The molecule has 0 aliphatic heterocycles. The Hall–Kier alpha value is -2.39. The van der Waals surface area contributed by atoms with Crippen LogP contribution in [0.3, 0.4) is 0 Å². The first-order valence-electron chi connectivity index (χ1n) is 9.58. The van der Waals surface area contributed by atoms with Crippen LogP contribution in [-0.2, 0) is 27.4 Å². The number of carbonyl (C=O) groups is 2. The van der Waals surface area contributed by atoms with E-state index in [2.05, 4.69) is 10.1 Å². The minimum atomic E-state index is -1.55. The van der Waals surface area contributed by atoms with Crippen molar-refractivity contribution in [3.8, 4) is 0 Å². The lowest BCUT2D eigenvalue weighted by molar-refractivity contribution is -0.137. The first-order chi connectivity index (χ1) is 15.2. The van der Waals surface area contributed by atoms with Crippen molar-refractivity contribution in [1.29, 1.82) is 0 Å². The molecule has 0 radical (unpaired) electrons. The van der Waals surface area contributed by atoms with Crippen molar-refractivity contribution in [2.45, 2.75) is 17.9 Å². The number of aliphatic hydroxyl groups excluding tert-OH is 1. The molecule has 10 heteroatoms. The third-order valence-electron chi connectivity index (χ3n) is 5.15. The molecule has 32 heavy (non-hydrogen) atoms. The van der Waals surface area contributed by atoms with Gasteiger partial charge in [-0.05, 0) is 42.3 Å². The number of fused-ring (bicyclic) bond motifs is 1. The highest BCUT2D eigenvalue weighted by Crippen LogP contribution is 2.35. The molecule has 7 nitrogen and oxygen atoms in total. The Morgan fingerprint density at radius 2 is 1.84 bits per heavy atom. The number of carbonyl (C=O) groups excluding carboxylic acids is 2. The normalized spacial score (nSPS) is 13.1. The molecule has 1 amide bonds. The Morgan fingerprint density at radius 1 is 1.19 bits per heavy atom. The number of hydrogen-bond acceptors (Lipinski definition) is 5. The van der Waals surface area contributed by atoms with Gasteiger partial charge in [0.05, 0.1) is 46.1 Å². The number of benzene rings is 2. The number of nitrogens with one attached hydrogen (secondary N) is 1. The maximum atomic E-state index is 13.0. The van der Waals surface area contributed by atoms with Crippen molar-refractivity contribution < 1.29 is 23.6 Å². The van der Waals surface area contributed by atoms with E-state index < -0.39 is 28.7 Å². The molecule has 3 rings (SSSR count). The SMILES string of the molecule is COC(=O)CS(=O)c1ccc(C(CO)NC(=O)c2cc3c(Cl)c(Cl)c(C)cc3n2C)cc1. The Balaban J connectivity index is 1.82. The molecule has 170 valence electrons. The smallest absolute Gasteiger partial charge is 0.318 e. The number of aryl methyl sites for hydroxylation is 2. The third kappa shape index (κ3) is 4.83. The molecule has 2 atom stereocenters. The van der Waals surface area contributed by atoms with E-state index in [1.165, 1.54) is 7.11 Å². The van der Waals surface area contributed by atoms with Gasteiger partial charge in [-0.15, -0.1) is 0 Å². The number of halogens is 2. The van der Waals surface area contributed by atoms with Crippen molar-refractivity contribution in [3.05, 3.63) is 63.3 Å². The van der Waals surface area contributed by atoms with Crippen LogP contribution in [0.25, 0.3) is 10.9 Å². The van der Waals surface area contributed by atoms with E-state index in [0.717, 1.165) is 11.1 Å². The van der Waals surface area contributed by atoms with Gasteiger partial charge in [0.2, 0.25) is 0 Å². The van der Waals surface area contributed by atoms with Gasteiger partial charge < -0.3 is 19.7 Å². The second kappa shape index (κ2) is 10.0. The van der Waals surface area contributed by atoms with E-state index in [9.17, 15) is 18.9 Å². The summed E-state index contributed by atoms with van der Waals surface area (Å²) < 4.78 is 18.4. The minimum absolute atomic E-state index is 0.247. The Kier molecular flexibility index (Phi) is 7.61. The van der Waals surface area contributed by atoms with Crippen LogP contribution in [0.4, 0.5) is 0 Å². The van der Waals surface area contributed by atoms with Crippen LogP contribution in [0.15, 0.2) is 41.3 Å². The highest BCUT2D eigenvalue weighted by Gasteiger charge is 2.21. The average molecular weight is 497 g/mol. The Morgan fingerprint density at radius 3 is 2.44 bits per heavy atom. The van der Waals surface area contributed by atoms with Gasteiger partial charge in [0.1, 0.15) is 11.4 Å². The quantitative estimate of drug-likeness (QED) is 0.487. The molecule has 0 aliphatic rings. The maximum absolute atomic E-state index is 13.0. The number of amides is 1. The maximum Gasteiger partial charge on any atom is 0.318 e. The molecule has 0 aliphatic carbocycles. The van der Waals surface area contributed by atoms with Crippen molar-refractivity contribution in [2.75, 3.05) is 19.5 Å².